The van der Waals surface area contributed by atoms with E-state index >= 15 is 0 Å². The molecule has 0 radical (unpaired) electrons. The standard InChI is InChI=1S/C14H22N2O2/c1-13(2,3)18-12(17)14(16,10-15)9-11-7-5-4-6-8-11/h4-8H,9-10,15-16H2,1-3H3. The summed E-state index contributed by atoms with van der Waals surface area (Å²) < 4.78 is 5.32. The molecular weight excluding hydrogens is 228 g/mol. The van der Waals surface area contributed by atoms with Gasteiger partial charge in [-0.25, -0.2) is 4.79 Å². The summed E-state index contributed by atoms with van der Waals surface area (Å²) in [6, 6.07) is 9.56. The molecule has 4 N–H and O–H groups in total. The van der Waals surface area contributed by atoms with Crippen LogP contribution in [0, 0.1) is 0 Å². The third-order valence-corrected chi connectivity index (χ3v) is 2.53. The molecule has 1 unspecified atom stereocenters. The Morgan fingerprint density at radius 1 is 1.22 bits per heavy atom. The lowest BCUT2D eigenvalue weighted by Gasteiger charge is -2.30. The van der Waals surface area contributed by atoms with Gasteiger partial charge in [-0.3, -0.25) is 0 Å². The maximum absolute atomic E-state index is 12.1. The highest BCUT2D eigenvalue weighted by Gasteiger charge is 2.36. The maximum Gasteiger partial charge on any atom is 0.328 e. The van der Waals surface area contributed by atoms with Gasteiger partial charge in [0.1, 0.15) is 11.1 Å². The molecule has 0 aliphatic rings. The molecule has 1 atom stereocenters. The molecule has 0 aromatic heterocycles. The molecule has 4 heteroatoms. The Morgan fingerprint density at radius 3 is 2.22 bits per heavy atom. The van der Waals surface area contributed by atoms with Crippen molar-refractivity contribution in [2.75, 3.05) is 6.54 Å². The number of nitrogens with two attached hydrogens (primary N) is 2. The van der Waals surface area contributed by atoms with Crippen molar-refractivity contribution in [1.29, 1.82) is 0 Å². The molecule has 1 aromatic rings. The highest BCUT2D eigenvalue weighted by Crippen LogP contribution is 2.16. The van der Waals surface area contributed by atoms with E-state index in [2.05, 4.69) is 0 Å². The molecule has 0 saturated carbocycles. The van der Waals surface area contributed by atoms with E-state index < -0.39 is 17.1 Å². The predicted molar refractivity (Wildman–Crippen MR) is 72.0 cm³/mol. The number of benzene rings is 1. The van der Waals surface area contributed by atoms with Crippen LogP contribution >= 0.6 is 0 Å². The summed E-state index contributed by atoms with van der Waals surface area (Å²) in [5, 5.41) is 0. The van der Waals surface area contributed by atoms with Crippen LogP contribution in [0.5, 0.6) is 0 Å². The Kier molecular flexibility index (Phi) is 4.48. The van der Waals surface area contributed by atoms with E-state index in [-0.39, 0.29) is 6.54 Å². The molecule has 0 saturated heterocycles. The summed E-state index contributed by atoms with van der Waals surface area (Å²) in [6.07, 6.45) is 0.374. The average Bonchev–Trinajstić information content (AvgIpc) is 2.28. The fraction of sp³-hybridized carbons (Fsp3) is 0.500. The number of hydrogen-bond donors (Lipinski definition) is 2. The van der Waals surface area contributed by atoms with E-state index in [0.717, 1.165) is 5.56 Å². The fourth-order valence-corrected chi connectivity index (χ4v) is 1.57. The maximum atomic E-state index is 12.1. The molecule has 0 aliphatic carbocycles. The van der Waals surface area contributed by atoms with Gasteiger partial charge in [0.2, 0.25) is 0 Å². The van der Waals surface area contributed by atoms with E-state index in [4.69, 9.17) is 16.2 Å². The van der Waals surface area contributed by atoms with Gasteiger partial charge in [-0.2, -0.15) is 0 Å². The smallest absolute Gasteiger partial charge is 0.328 e. The fourth-order valence-electron chi connectivity index (χ4n) is 1.57. The summed E-state index contributed by atoms with van der Waals surface area (Å²) in [4.78, 5) is 12.1. The van der Waals surface area contributed by atoms with Crippen LogP contribution in [0.4, 0.5) is 0 Å². The van der Waals surface area contributed by atoms with Gasteiger partial charge in [-0.1, -0.05) is 30.3 Å². The molecule has 0 aliphatic heterocycles. The Labute approximate surface area is 108 Å². The average molecular weight is 250 g/mol. The number of carbonyl (C=O) groups is 1. The van der Waals surface area contributed by atoms with E-state index in [1.54, 1.807) is 0 Å². The third-order valence-electron chi connectivity index (χ3n) is 2.53. The summed E-state index contributed by atoms with van der Waals surface area (Å²) in [6.45, 7) is 5.48. The van der Waals surface area contributed by atoms with E-state index in [1.165, 1.54) is 0 Å². The van der Waals surface area contributed by atoms with Gasteiger partial charge in [0, 0.05) is 13.0 Å². The van der Waals surface area contributed by atoms with Crippen LogP contribution in [0.25, 0.3) is 0 Å². The van der Waals surface area contributed by atoms with Crippen LogP contribution in [-0.4, -0.2) is 23.7 Å². The van der Waals surface area contributed by atoms with E-state index in [0.29, 0.717) is 6.42 Å². The van der Waals surface area contributed by atoms with Crippen molar-refractivity contribution in [3.63, 3.8) is 0 Å². The summed E-state index contributed by atoms with van der Waals surface area (Å²) in [7, 11) is 0. The van der Waals surface area contributed by atoms with Gasteiger partial charge in [0.15, 0.2) is 0 Å². The monoisotopic (exact) mass is 250 g/mol. The molecule has 100 valence electrons. The first-order chi connectivity index (χ1) is 8.27. The number of ether oxygens (including phenoxy) is 1. The van der Waals surface area contributed by atoms with Gasteiger partial charge >= 0.3 is 5.97 Å². The second kappa shape index (κ2) is 5.50. The van der Waals surface area contributed by atoms with Crippen LogP contribution in [0.1, 0.15) is 26.3 Å². The van der Waals surface area contributed by atoms with Gasteiger partial charge < -0.3 is 16.2 Å². The first-order valence-electron chi connectivity index (χ1n) is 6.03. The molecule has 1 rings (SSSR count). The molecule has 0 spiro atoms. The Morgan fingerprint density at radius 2 is 1.78 bits per heavy atom. The Hall–Kier alpha value is -1.39. The molecular formula is C14H22N2O2. The third kappa shape index (κ3) is 4.13. The number of carbonyl (C=O) groups excluding carboxylic acids is 1. The summed E-state index contributed by atoms with van der Waals surface area (Å²) >= 11 is 0. The van der Waals surface area contributed by atoms with Gasteiger partial charge in [-0.05, 0) is 26.3 Å². The molecule has 0 bridgehead atoms. The predicted octanol–water partition coefficient (Wildman–Crippen LogP) is 1.23. The first-order valence-corrected chi connectivity index (χ1v) is 6.03. The first kappa shape index (κ1) is 14.7. The largest absolute Gasteiger partial charge is 0.459 e. The van der Waals surface area contributed by atoms with Crippen LogP contribution < -0.4 is 11.5 Å². The highest BCUT2D eigenvalue weighted by molar-refractivity contribution is 5.81. The molecule has 18 heavy (non-hydrogen) atoms. The van der Waals surface area contributed by atoms with Crippen LogP contribution in [-0.2, 0) is 16.0 Å². The van der Waals surface area contributed by atoms with E-state index in [1.807, 2.05) is 51.1 Å². The lowest BCUT2D eigenvalue weighted by atomic mass is 9.91. The lowest BCUT2D eigenvalue weighted by Crippen LogP contribution is -2.57. The van der Waals surface area contributed by atoms with Crippen molar-refractivity contribution in [3.05, 3.63) is 35.9 Å². The molecule has 4 nitrogen and oxygen atoms in total. The Balaban J connectivity index is 2.82. The Bertz CT molecular complexity index is 398. The highest BCUT2D eigenvalue weighted by atomic mass is 16.6. The minimum Gasteiger partial charge on any atom is -0.459 e. The second-order valence-electron chi connectivity index (χ2n) is 5.52. The van der Waals surface area contributed by atoms with Crippen molar-refractivity contribution < 1.29 is 9.53 Å². The quantitative estimate of drug-likeness (QED) is 0.788. The van der Waals surface area contributed by atoms with E-state index in [9.17, 15) is 4.79 Å². The molecule has 0 amide bonds. The number of hydrogen-bond acceptors (Lipinski definition) is 4. The van der Waals surface area contributed by atoms with Crippen molar-refractivity contribution >= 4 is 5.97 Å². The normalized spacial score (nSPS) is 14.9. The van der Waals surface area contributed by atoms with Crippen molar-refractivity contribution in [2.24, 2.45) is 11.5 Å². The topological polar surface area (TPSA) is 78.3 Å². The van der Waals surface area contributed by atoms with Gasteiger partial charge in [0.25, 0.3) is 0 Å². The van der Waals surface area contributed by atoms with Crippen LogP contribution in [0.3, 0.4) is 0 Å². The summed E-state index contributed by atoms with van der Waals surface area (Å²) in [5.74, 6) is -0.457. The van der Waals surface area contributed by atoms with Crippen LogP contribution in [0.15, 0.2) is 30.3 Å². The zero-order valence-corrected chi connectivity index (χ0v) is 11.3. The van der Waals surface area contributed by atoms with Gasteiger partial charge in [-0.15, -0.1) is 0 Å². The zero-order chi connectivity index (χ0) is 13.8. The minimum absolute atomic E-state index is 0.0524. The molecule has 1 aromatic carbocycles. The second-order valence-corrected chi connectivity index (χ2v) is 5.52. The molecule has 0 heterocycles. The minimum atomic E-state index is -1.17. The number of rotatable bonds is 4. The van der Waals surface area contributed by atoms with Gasteiger partial charge in [0.05, 0.1) is 0 Å². The van der Waals surface area contributed by atoms with Crippen molar-refractivity contribution in [3.8, 4) is 0 Å². The van der Waals surface area contributed by atoms with Crippen molar-refractivity contribution in [2.45, 2.75) is 38.3 Å². The lowest BCUT2D eigenvalue weighted by molar-refractivity contribution is -0.161. The summed E-state index contributed by atoms with van der Waals surface area (Å²) in [5.41, 5.74) is 11.0. The molecule has 0 fully saturated rings. The SMILES string of the molecule is CC(C)(C)OC(=O)C(N)(CN)Cc1ccccc1. The number of esters is 1. The van der Waals surface area contributed by atoms with Crippen molar-refractivity contribution in [1.82, 2.24) is 0 Å². The van der Waals surface area contributed by atoms with Crippen LogP contribution in [0.2, 0.25) is 0 Å². The zero-order valence-electron chi connectivity index (χ0n) is 11.3.